The highest BCUT2D eigenvalue weighted by atomic mass is 35.5. The second kappa shape index (κ2) is 4.89. The molecule has 1 aromatic carbocycles. The van der Waals surface area contributed by atoms with E-state index in [0.29, 0.717) is 5.75 Å². The van der Waals surface area contributed by atoms with E-state index in [2.05, 4.69) is 10.3 Å². The Morgan fingerprint density at radius 1 is 1.56 bits per heavy atom. The molecule has 16 heavy (non-hydrogen) atoms. The number of amides is 1. The van der Waals surface area contributed by atoms with Crippen molar-refractivity contribution in [2.75, 3.05) is 5.75 Å². The molecule has 0 fully saturated rings. The van der Waals surface area contributed by atoms with E-state index in [1.807, 2.05) is 24.3 Å². The number of nitrogens with one attached hydrogen (secondary N) is 1. The third-order valence-corrected chi connectivity index (χ3v) is 3.41. The molecule has 1 atom stereocenters. The molecule has 1 N–H and O–H groups in total. The van der Waals surface area contributed by atoms with E-state index in [1.165, 1.54) is 0 Å². The Morgan fingerprint density at radius 2 is 2.38 bits per heavy atom. The highest BCUT2D eigenvalue weighted by Gasteiger charge is 2.21. The van der Waals surface area contributed by atoms with Crippen LogP contribution in [0.2, 0.25) is 5.02 Å². The topological polar surface area (TPSA) is 41.5 Å². The molecule has 1 aliphatic heterocycles. The van der Waals surface area contributed by atoms with Crippen molar-refractivity contribution in [3.8, 4) is 0 Å². The van der Waals surface area contributed by atoms with Gasteiger partial charge in [0.1, 0.15) is 11.9 Å². The summed E-state index contributed by atoms with van der Waals surface area (Å²) < 4.78 is 0. The molecule has 3 nitrogen and oxygen atoms in total. The smallest absolute Gasteiger partial charge is 0.249 e. The predicted octanol–water partition coefficient (Wildman–Crippen LogP) is 2.35. The summed E-state index contributed by atoms with van der Waals surface area (Å²) in [5, 5.41) is 3.46. The Labute approximate surface area is 103 Å². The zero-order valence-electron chi connectivity index (χ0n) is 8.74. The van der Waals surface area contributed by atoms with Gasteiger partial charge in [-0.3, -0.25) is 9.79 Å². The van der Waals surface area contributed by atoms with Crippen LogP contribution in [0, 0.1) is 0 Å². The van der Waals surface area contributed by atoms with Crippen LogP contribution < -0.4 is 5.32 Å². The van der Waals surface area contributed by atoms with E-state index in [0.717, 1.165) is 15.8 Å². The van der Waals surface area contributed by atoms with Gasteiger partial charge >= 0.3 is 0 Å². The fourth-order valence-corrected chi connectivity index (χ4v) is 2.44. The SMILES string of the molecule is CC1N=C(CSc2cccc(Cl)c2)NC1=O. The first-order valence-electron chi connectivity index (χ1n) is 4.91. The summed E-state index contributed by atoms with van der Waals surface area (Å²) in [5.41, 5.74) is 0. The number of nitrogens with zero attached hydrogens (tertiary/aromatic N) is 1. The number of rotatable bonds is 3. The molecule has 0 bridgehead atoms. The third-order valence-electron chi connectivity index (χ3n) is 2.17. The van der Waals surface area contributed by atoms with Gasteiger partial charge in [-0.25, -0.2) is 0 Å². The lowest BCUT2D eigenvalue weighted by atomic mass is 10.4. The highest BCUT2D eigenvalue weighted by Crippen LogP contribution is 2.21. The van der Waals surface area contributed by atoms with Gasteiger partial charge < -0.3 is 5.32 Å². The van der Waals surface area contributed by atoms with Gasteiger partial charge in [-0.15, -0.1) is 11.8 Å². The largest absolute Gasteiger partial charge is 0.312 e. The molecule has 0 saturated carbocycles. The number of thioether (sulfide) groups is 1. The first-order valence-corrected chi connectivity index (χ1v) is 6.27. The van der Waals surface area contributed by atoms with Gasteiger partial charge in [-0.2, -0.15) is 0 Å². The Hall–Kier alpha value is -1.00. The Bertz CT molecular complexity index is 447. The van der Waals surface area contributed by atoms with Crippen molar-refractivity contribution in [3.63, 3.8) is 0 Å². The summed E-state index contributed by atoms with van der Waals surface area (Å²) >= 11 is 7.48. The maximum atomic E-state index is 11.2. The van der Waals surface area contributed by atoms with Crippen molar-refractivity contribution in [3.05, 3.63) is 29.3 Å². The van der Waals surface area contributed by atoms with Gasteiger partial charge in [0.05, 0.1) is 5.75 Å². The van der Waals surface area contributed by atoms with Gasteiger partial charge in [0, 0.05) is 9.92 Å². The van der Waals surface area contributed by atoms with E-state index < -0.39 is 0 Å². The van der Waals surface area contributed by atoms with Crippen LogP contribution in [0.15, 0.2) is 34.2 Å². The maximum Gasteiger partial charge on any atom is 0.249 e. The Kier molecular flexibility index (Phi) is 3.51. The molecule has 1 aromatic rings. The zero-order valence-corrected chi connectivity index (χ0v) is 10.3. The van der Waals surface area contributed by atoms with Crippen molar-refractivity contribution >= 4 is 35.1 Å². The number of aliphatic imine (C=N–C) groups is 1. The van der Waals surface area contributed by atoms with E-state index in [1.54, 1.807) is 18.7 Å². The zero-order chi connectivity index (χ0) is 11.5. The summed E-state index contributed by atoms with van der Waals surface area (Å²) in [5.74, 6) is 1.38. The van der Waals surface area contributed by atoms with Crippen molar-refractivity contribution in [1.82, 2.24) is 5.32 Å². The number of hydrogen-bond acceptors (Lipinski definition) is 3. The third kappa shape index (κ3) is 2.77. The van der Waals surface area contributed by atoms with Crippen molar-refractivity contribution in [2.24, 2.45) is 4.99 Å². The van der Waals surface area contributed by atoms with Crippen LogP contribution >= 0.6 is 23.4 Å². The molecule has 5 heteroatoms. The fraction of sp³-hybridized carbons (Fsp3) is 0.273. The summed E-state index contributed by atoms with van der Waals surface area (Å²) in [7, 11) is 0. The van der Waals surface area contributed by atoms with Gasteiger partial charge in [-0.1, -0.05) is 17.7 Å². The molecule has 1 aliphatic rings. The molecule has 2 rings (SSSR count). The fourth-order valence-electron chi connectivity index (χ4n) is 1.35. The van der Waals surface area contributed by atoms with Crippen LogP contribution in [0.3, 0.4) is 0 Å². The van der Waals surface area contributed by atoms with Crippen LogP contribution in [-0.2, 0) is 4.79 Å². The lowest BCUT2D eigenvalue weighted by Gasteiger charge is -2.01. The summed E-state index contributed by atoms with van der Waals surface area (Å²) in [6, 6.07) is 7.37. The van der Waals surface area contributed by atoms with Crippen molar-refractivity contribution < 1.29 is 4.79 Å². The molecule has 0 spiro atoms. The van der Waals surface area contributed by atoms with E-state index >= 15 is 0 Å². The molecule has 1 unspecified atom stereocenters. The molecule has 0 saturated heterocycles. The van der Waals surface area contributed by atoms with Gasteiger partial charge in [-0.05, 0) is 25.1 Å². The standard InChI is InChI=1S/C11H11ClN2OS/c1-7-11(15)14-10(13-7)6-16-9-4-2-3-8(12)5-9/h2-5,7H,6H2,1H3,(H,13,14,15). The normalized spacial score (nSPS) is 19.5. The number of halogens is 1. The van der Waals surface area contributed by atoms with Gasteiger partial charge in [0.25, 0.3) is 0 Å². The minimum atomic E-state index is -0.255. The molecule has 0 aromatic heterocycles. The first kappa shape index (κ1) is 11.5. The molecular formula is C11H11ClN2OS. The quantitative estimate of drug-likeness (QED) is 0.842. The van der Waals surface area contributed by atoms with Gasteiger partial charge in [0.2, 0.25) is 5.91 Å². The number of benzene rings is 1. The average molecular weight is 255 g/mol. The average Bonchev–Trinajstić information content (AvgIpc) is 2.56. The number of carbonyl (C=O) groups excluding carboxylic acids is 1. The van der Waals surface area contributed by atoms with Crippen LogP contribution in [0.1, 0.15) is 6.92 Å². The second-order valence-electron chi connectivity index (χ2n) is 3.49. The number of hydrogen-bond donors (Lipinski definition) is 1. The first-order chi connectivity index (χ1) is 7.65. The number of carbonyl (C=O) groups is 1. The van der Waals surface area contributed by atoms with Crippen LogP contribution in [0.4, 0.5) is 0 Å². The molecule has 1 amide bonds. The Balaban J connectivity index is 1.93. The lowest BCUT2D eigenvalue weighted by Crippen LogP contribution is -2.28. The van der Waals surface area contributed by atoms with Crippen molar-refractivity contribution in [1.29, 1.82) is 0 Å². The van der Waals surface area contributed by atoms with E-state index in [9.17, 15) is 4.79 Å². The Morgan fingerprint density at radius 3 is 3.00 bits per heavy atom. The lowest BCUT2D eigenvalue weighted by molar-refractivity contribution is -0.119. The monoisotopic (exact) mass is 254 g/mol. The molecular weight excluding hydrogens is 244 g/mol. The summed E-state index contributed by atoms with van der Waals surface area (Å²) in [4.78, 5) is 16.5. The van der Waals surface area contributed by atoms with Crippen LogP contribution in [0.5, 0.6) is 0 Å². The summed E-state index contributed by atoms with van der Waals surface area (Å²) in [6.45, 7) is 1.78. The molecule has 1 heterocycles. The van der Waals surface area contributed by atoms with E-state index in [4.69, 9.17) is 11.6 Å². The maximum absolute atomic E-state index is 11.2. The highest BCUT2D eigenvalue weighted by molar-refractivity contribution is 8.00. The second-order valence-corrected chi connectivity index (χ2v) is 4.97. The minimum Gasteiger partial charge on any atom is -0.312 e. The van der Waals surface area contributed by atoms with Gasteiger partial charge in [0.15, 0.2) is 0 Å². The van der Waals surface area contributed by atoms with Crippen LogP contribution in [-0.4, -0.2) is 23.5 Å². The summed E-state index contributed by atoms with van der Waals surface area (Å²) in [6.07, 6.45) is 0. The number of amidine groups is 1. The molecule has 0 radical (unpaired) electrons. The predicted molar refractivity (Wildman–Crippen MR) is 67.2 cm³/mol. The molecule has 84 valence electrons. The van der Waals surface area contributed by atoms with Crippen molar-refractivity contribution in [2.45, 2.75) is 17.9 Å². The molecule has 0 aliphatic carbocycles. The minimum absolute atomic E-state index is 0.0262. The van der Waals surface area contributed by atoms with Crippen LogP contribution in [0.25, 0.3) is 0 Å². The van der Waals surface area contributed by atoms with E-state index in [-0.39, 0.29) is 11.9 Å².